The molecule has 1 rings (SSSR count). The first-order valence-electron chi connectivity index (χ1n) is 5.71. The first-order valence-corrected chi connectivity index (χ1v) is 6.51. The SMILES string of the molecule is CC(CNCc1ccc(Br)cc1[N+](=O)[O-])N(C)C. The Morgan fingerprint density at radius 2 is 2.17 bits per heavy atom. The molecule has 0 aliphatic carbocycles. The molecule has 0 aliphatic heterocycles. The van der Waals surface area contributed by atoms with Crippen LogP contribution in [0.25, 0.3) is 0 Å². The van der Waals surface area contributed by atoms with Crippen molar-refractivity contribution in [2.75, 3.05) is 20.6 Å². The molecule has 0 radical (unpaired) electrons. The molecule has 1 aromatic carbocycles. The zero-order valence-electron chi connectivity index (χ0n) is 10.8. The third-order valence-corrected chi connectivity index (χ3v) is 3.37. The van der Waals surface area contributed by atoms with E-state index in [1.165, 1.54) is 6.07 Å². The summed E-state index contributed by atoms with van der Waals surface area (Å²) in [7, 11) is 4.02. The fourth-order valence-corrected chi connectivity index (χ4v) is 1.80. The molecule has 18 heavy (non-hydrogen) atoms. The quantitative estimate of drug-likeness (QED) is 0.647. The van der Waals surface area contributed by atoms with Gasteiger partial charge in [-0.2, -0.15) is 0 Å². The number of nitrogens with zero attached hydrogens (tertiary/aromatic N) is 2. The van der Waals surface area contributed by atoms with Crippen LogP contribution in [0.5, 0.6) is 0 Å². The van der Waals surface area contributed by atoms with Crippen LogP contribution in [0, 0.1) is 10.1 Å². The van der Waals surface area contributed by atoms with Gasteiger partial charge in [-0.15, -0.1) is 0 Å². The molecule has 0 saturated carbocycles. The second-order valence-corrected chi connectivity index (χ2v) is 5.39. The van der Waals surface area contributed by atoms with E-state index >= 15 is 0 Å². The third-order valence-electron chi connectivity index (χ3n) is 2.88. The van der Waals surface area contributed by atoms with Gasteiger partial charge < -0.3 is 10.2 Å². The zero-order chi connectivity index (χ0) is 13.7. The minimum Gasteiger partial charge on any atom is -0.311 e. The van der Waals surface area contributed by atoms with Crippen molar-refractivity contribution in [1.82, 2.24) is 10.2 Å². The molecule has 0 aromatic heterocycles. The van der Waals surface area contributed by atoms with Gasteiger partial charge in [-0.1, -0.05) is 15.9 Å². The Morgan fingerprint density at radius 3 is 2.72 bits per heavy atom. The topological polar surface area (TPSA) is 58.4 Å². The van der Waals surface area contributed by atoms with Gasteiger partial charge in [0.1, 0.15) is 0 Å². The van der Waals surface area contributed by atoms with Crippen LogP contribution in [0.2, 0.25) is 0 Å². The smallest absolute Gasteiger partial charge is 0.275 e. The lowest BCUT2D eigenvalue weighted by Gasteiger charge is -2.20. The standard InChI is InChI=1S/C12H18BrN3O2/c1-9(15(2)3)7-14-8-10-4-5-11(13)6-12(10)16(17)18/h4-6,9,14H,7-8H2,1-3H3. The van der Waals surface area contributed by atoms with E-state index in [1.54, 1.807) is 6.07 Å². The highest BCUT2D eigenvalue weighted by atomic mass is 79.9. The largest absolute Gasteiger partial charge is 0.311 e. The van der Waals surface area contributed by atoms with Gasteiger partial charge in [0.25, 0.3) is 5.69 Å². The van der Waals surface area contributed by atoms with Gasteiger partial charge >= 0.3 is 0 Å². The summed E-state index contributed by atoms with van der Waals surface area (Å²) < 4.78 is 0.722. The van der Waals surface area contributed by atoms with Crippen molar-refractivity contribution >= 4 is 21.6 Å². The van der Waals surface area contributed by atoms with Crippen molar-refractivity contribution in [3.8, 4) is 0 Å². The number of halogens is 1. The van der Waals surface area contributed by atoms with Gasteiger partial charge in [-0.25, -0.2) is 0 Å². The third kappa shape index (κ3) is 4.36. The molecular formula is C12H18BrN3O2. The number of hydrogen-bond acceptors (Lipinski definition) is 4. The molecule has 100 valence electrons. The average Bonchev–Trinajstić information content (AvgIpc) is 2.30. The fourth-order valence-electron chi connectivity index (χ4n) is 1.45. The molecule has 0 saturated heterocycles. The lowest BCUT2D eigenvalue weighted by atomic mass is 10.2. The lowest BCUT2D eigenvalue weighted by molar-refractivity contribution is -0.385. The van der Waals surface area contributed by atoms with E-state index in [1.807, 2.05) is 20.2 Å². The molecule has 1 N–H and O–H groups in total. The van der Waals surface area contributed by atoms with Crippen molar-refractivity contribution in [3.63, 3.8) is 0 Å². The Hall–Kier alpha value is -0.980. The minimum absolute atomic E-state index is 0.148. The zero-order valence-corrected chi connectivity index (χ0v) is 12.4. The Morgan fingerprint density at radius 1 is 1.50 bits per heavy atom. The Labute approximate surface area is 115 Å². The van der Waals surface area contributed by atoms with Gasteiger partial charge in [0.05, 0.1) is 4.92 Å². The second-order valence-electron chi connectivity index (χ2n) is 4.47. The predicted octanol–water partition coefficient (Wildman–Crippen LogP) is 2.40. The number of likely N-dealkylation sites (N-methyl/N-ethyl adjacent to an activating group) is 1. The number of nitro benzene ring substituents is 1. The molecule has 6 heteroatoms. The van der Waals surface area contributed by atoms with E-state index in [-0.39, 0.29) is 10.6 Å². The van der Waals surface area contributed by atoms with Crippen molar-refractivity contribution in [3.05, 3.63) is 38.3 Å². The summed E-state index contributed by atoms with van der Waals surface area (Å²) in [5.74, 6) is 0. The summed E-state index contributed by atoms with van der Waals surface area (Å²) >= 11 is 3.24. The molecule has 1 atom stereocenters. The van der Waals surface area contributed by atoms with Crippen molar-refractivity contribution in [2.45, 2.75) is 19.5 Å². The maximum absolute atomic E-state index is 10.9. The van der Waals surface area contributed by atoms with Gasteiger partial charge in [-0.05, 0) is 33.2 Å². The summed E-state index contributed by atoms with van der Waals surface area (Å²) in [4.78, 5) is 12.7. The van der Waals surface area contributed by atoms with Crippen LogP contribution in [-0.2, 0) is 6.54 Å². The molecule has 1 aromatic rings. The van der Waals surface area contributed by atoms with Crippen LogP contribution in [-0.4, -0.2) is 36.5 Å². The molecule has 1 unspecified atom stereocenters. The van der Waals surface area contributed by atoms with Gasteiger partial charge in [0, 0.05) is 35.2 Å². The van der Waals surface area contributed by atoms with Crippen molar-refractivity contribution in [1.29, 1.82) is 0 Å². The van der Waals surface area contributed by atoms with Crippen LogP contribution in [0.1, 0.15) is 12.5 Å². The summed E-state index contributed by atoms with van der Waals surface area (Å²) in [6, 6.07) is 5.51. The molecule has 0 heterocycles. The number of hydrogen-bond donors (Lipinski definition) is 1. The van der Waals surface area contributed by atoms with Crippen LogP contribution < -0.4 is 5.32 Å². The van der Waals surface area contributed by atoms with Gasteiger partial charge in [0.15, 0.2) is 0 Å². The van der Waals surface area contributed by atoms with E-state index in [2.05, 4.69) is 33.1 Å². The predicted molar refractivity (Wildman–Crippen MR) is 75.7 cm³/mol. The van der Waals surface area contributed by atoms with Crippen molar-refractivity contribution < 1.29 is 4.92 Å². The van der Waals surface area contributed by atoms with Gasteiger partial charge in [0.2, 0.25) is 0 Å². The van der Waals surface area contributed by atoms with Crippen LogP contribution in [0.3, 0.4) is 0 Å². The highest BCUT2D eigenvalue weighted by Gasteiger charge is 2.14. The minimum atomic E-state index is -0.350. The fraction of sp³-hybridized carbons (Fsp3) is 0.500. The summed E-state index contributed by atoms with van der Waals surface area (Å²) in [6.07, 6.45) is 0. The molecule has 0 fully saturated rings. The molecule has 0 bridgehead atoms. The van der Waals surface area contributed by atoms with Gasteiger partial charge in [-0.3, -0.25) is 10.1 Å². The Balaban J connectivity index is 2.65. The van der Waals surface area contributed by atoms with Crippen molar-refractivity contribution in [2.24, 2.45) is 0 Å². The molecule has 5 nitrogen and oxygen atoms in total. The Bertz CT molecular complexity index is 424. The molecular weight excluding hydrogens is 298 g/mol. The lowest BCUT2D eigenvalue weighted by Crippen LogP contribution is -2.35. The highest BCUT2D eigenvalue weighted by Crippen LogP contribution is 2.23. The van der Waals surface area contributed by atoms with E-state index < -0.39 is 0 Å². The van der Waals surface area contributed by atoms with E-state index in [9.17, 15) is 10.1 Å². The number of nitrogens with one attached hydrogen (secondary N) is 1. The maximum atomic E-state index is 10.9. The highest BCUT2D eigenvalue weighted by molar-refractivity contribution is 9.10. The Kier molecular flexibility index (Phi) is 5.71. The normalized spacial score (nSPS) is 12.7. The number of rotatable bonds is 6. The number of nitro groups is 1. The summed E-state index contributed by atoms with van der Waals surface area (Å²) in [5.41, 5.74) is 0.850. The van der Waals surface area contributed by atoms with E-state index in [4.69, 9.17) is 0 Å². The van der Waals surface area contributed by atoms with Crippen LogP contribution in [0.15, 0.2) is 22.7 Å². The summed E-state index contributed by atoms with van der Waals surface area (Å²) in [5, 5.41) is 14.2. The van der Waals surface area contributed by atoms with E-state index in [0.29, 0.717) is 18.2 Å². The first kappa shape index (κ1) is 15.1. The van der Waals surface area contributed by atoms with Crippen LogP contribution >= 0.6 is 15.9 Å². The molecule has 0 spiro atoms. The first-order chi connectivity index (χ1) is 8.41. The molecule has 0 aliphatic rings. The second kappa shape index (κ2) is 6.82. The maximum Gasteiger partial charge on any atom is 0.275 e. The number of benzene rings is 1. The average molecular weight is 316 g/mol. The van der Waals surface area contributed by atoms with E-state index in [0.717, 1.165) is 11.0 Å². The monoisotopic (exact) mass is 315 g/mol. The van der Waals surface area contributed by atoms with Crippen LogP contribution in [0.4, 0.5) is 5.69 Å². The summed E-state index contributed by atoms with van der Waals surface area (Å²) in [6.45, 7) is 3.39. The molecule has 0 amide bonds.